The maximum atomic E-state index is 12.1. The van der Waals surface area contributed by atoms with Crippen molar-refractivity contribution in [2.45, 2.75) is 39.2 Å². The Hall–Kier alpha value is -2.10. The number of carbonyl (C=O) groups excluding carboxylic acids is 1. The van der Waals surface area contributed by atoms with Gasteiger partial charge in [0, 0.05) is 11.3 Å². The second kappa shape index (κ2) is 6.12. The Kier molecular flexibility index (Phi) is 4.04. The standard InChI is InChI=1S/C17H20N2O2/c1-2-21-17(20)16-14-10-6-7-11-15(14)19(18-16)12-13-8-4-3-5-9-13/h3-5,8-9H,2,6-7,10-12H2,1H3. The molecule has 0 amide bonds. The van der Waals surface area contributed by atoms with Crippen molar-refractivity contribution in [2.75, 3.05) is 6.61 Å². The molecule has 4 nitrogen and oxygen atoms in total. The molecule has 0 saturated carbocycles. The van der Waals surface area contributed by atoms with Crippen molar-refractivity contribution in [1.29, 1.82) is 0 Å². The number of fused-ring (bicyclic) bond motifs is 1. The molecule has 0 aliphatic heterocycles. The second-order valence-corrected chi connectivity index (χ2v) is 5.34. The molecular formula is C17H20N2O2. The molecule has 3 rings (SSSR count). The lowest BCUT2D eigenvalue weighted by Gasteiger charge is -2.14. The van der Waals surface area contributed by atoms with E-state index in [-0.39, 0.29) is 5.97 Å². The van der Waals surface area contributed by atoms with Gasteiger partial charge in [0.2, 0.25) is 0 Å². The van der Waals surface area contributed by atoms with Gasteiger partial charge in [-0.25, -0.2) is 4.79 Å². The van der Waals surface area contributed by atoms with Crippen molar-refractivity contribution < 1.29 is 9.53 Å². The molecule has 1 aliphatic carbocycles. The van der Waals surface area contributed by atoms with Gasteiger partial charge in [-0.2, -0.15) is 5.10 Å². The van der Waals surface area contributed by atoms with Crippen LogP contribution in [0.15, 0.2) is 30.3 Å². The van der Waals surface area contributed by atoms with E-state index in [9.17, 15) is 4.79 Å². The highest BCUT2D eigenvalue weighted by Crippen LogP contribution is 2.25. The van der Waals surface area contributed by atoms with Gasteiger partial charge in [0.05, 0.1) is 13.2 Å². The van der Waals surface area contributed by atoms with Crippen LogP contribution >= 0.6 is 0 Å². The minimum atomic E-state index is -0.289. The number of hydrogen-bond donors (Lipinski definition) is 0. The number of ether oxygens (including phenoxy) is 1. The Morgan fingerprint density at radius 2 is 2.00 bits per heavy atom. The van der Waals surface area contributed by atoms with Crippen LogP contribution in [0.1, 0.15) is 47.1 Å². The van der Waals surface area contributed by atoms with Crippen LogP contribution in [0.3, 0.4) is 0 Å². The normalized spacial score (nSPS) is 13.8. The van der Waals surface area contributed by atoms with E-state index in [4.69, 9.17) is 4.74 Å². The third-order valence-corrected chi connectivity index (χ3v) is 3.90. The third kappa shape index (κ3) is 2.84. The summed E-state index contributed by atoms with van der Waals surface area (Å²) in [5.41, 5.74) is 4.01. The zero-order valence-corrected chi connectivity index (χ0v) is 12.3. The molecule has 0 fully saturated rings. The molecule has 0 spiro atoms. The van der Waals surface area contributed by atoms with Crippen LogP contribution in [0.5, 0.6) is 0 Å². The molecule has 0 atom stereocenters. The first-order valence-electron chi connectivity index (χ1n) is 7.59. The fourth-order valence-electron chi connectivity index (χ4n) is 2.92. The molecule has 0 saturated heterocycles. The van der Waals surface area contributed by atoms with Crippen LogP contribution in [0, 0.1) is 0 Å². The fraction of sp³-hybridized carbons (Fsp3) is 0.412. The van der Waals surface area contributed by atoms with Crippen molar-refractivity contribution in [1.82, 2.24) is 9.78 Å². The van der Waals surface area contributed by atoms with Crippen LogP contribution in [0.2, 0.25) is 0 Å². The SMILES string of the molecule is CCOC(=O)c1nn(Cc2ccccc2)c2c1CCCC2. The van der Waals surface area contributed by atoms with Crippen LogP contribution in [-0.4, -0.2) is 22.4 Å². The van der Waals surface area contributed by atoms with Gasteiger partial charge in [0.25, 0.3) is 0 Å². The van der Waals surface area contributed by atoms with Crippen LogP contribution in [-0.2, 0) is 24.1 Å². The van der Waals surface area contributed by atoms with Gasteiger partial charge in [0.1, 0.15) is 0 Å². The van der Waals surface area contributed by atoms with E-state index in [1.807, 2.05) is 29.8 Å². The summed E-state index contributed by atoms with van der Waals surface area (Å²) >= 11 is 0. The van der Waals surface area contributed by atoms with Crippen molar-refractivity contribution in [3.05, 3.63) is 52.8 Å². The minimum Gasteiger partial charge on any atom is -0.461 e. The number of rotatable bonds is 4. The summed E-state index contributed by atoms with van der Waals surface area (Å²) in [5, 5.41) is 4.55. The first-order valence-corrected chi connectivity index (χ1v) is 7.59. The largest absolute Gasteiger partial charge is 0.461 e. The molecule has 4 heteroatoms. The van der Waals surface area contributed by atoms with Crippen molar-refractivity contribution in [3.63, 3.8) is 0 Å². The van der Waals surface area contributed by atoms with Crippen molar-refractivity contribution >= 4 is 5.97 Å². The molecular weight excluding hydrogens is 264 g/mol. The zero-order chi connectivity index (χ0) is 14.7. The Morgan fingerprint density at radius 3 is 2.76 bits per heavy atom. The molecule has 21 heavy (non-hydrogen) atoms. The van der Waals surface area contributed by atoms with Crippen molar-refractivity contribution in [3.8, 4) is 0 Å². The molecule has 2 aromatic rings. The number of carbonyl (C=O) groups is 1. The average molecular weight is 284 g/mol. The summed E-state index contributed by atoms with van der Waals surface area (Å²) in [6.07, 6.45) is 4.21. The van der Waals surface area contributed by atoms with Gasteiger partial charge in [-0.15, -0.1) is 0 Å². The maximum Gasteiger partial charge on any atom is 0.359 e. The third-order valence-electron chi connectivity index (χ3n) is 3.90. The van der Waals surface area contributed by atoms with Crippen LogP contribution in [0.4, 0.5) is 0 Å². The highest BCUT2D eigenvalue weighted by Gasteiger charge is 2.25. The molecule has 0 radical (unpaired) electrons. The quantitative estimate of drug-likeness (QED) is 0.811. The molecule has 1 aliphatic rings. The predicted molar refractivity (Wildman–Crippen MR) is 80.4 cm³/mol. The number of aromatic nitrogens is 2. The summed E-state index contributed by atoms with van der Waals surface area (Å²) in [6, 6.07) is 10.2. The summed E-state index contributed by atoms with van der Waals surface area (Å²) < 4.78 is 7.13. The number of benzene rings is 1. The molecule has 110 valence electrons. The summed E-state index contributed by atoms with van der Waals surface area (Å²) in [4.78, 5) is 12.1. The van der Waals surface area contributed by atoms with Gasteiger partial charge in [-0.1, -0.05) is 30.3 Å². The molecule has 1 aromatic heterocycles. The monoisotopic (exact) mass is 284 g/mol. The Morgan fingerprint density at radius 1 is 1.24 bits per heavy atom. The van der Waals surface area contributed by atoms with E-state index in [2.05, 4.69) is 17.2 Å². The lowest BCUT2D eigenvalue weighted by atomic mass is 9.95. The van der Waals surface area contributed by atoms with Gasteiger partial charge >= 0.3 is 5.97 Å². The number of hydrogen-bond acceptors (Lipinski definition) is 3. The highest BCUT2D eigenvalue weighted by molar-refractivity contribution is 5.89. The van der Waals surface area contributed by atoms with E-state index < -0.39 is 0 Å². The molecule has 0 bridgehead atoms. The number of esters is 1. The van der Waals surface area contributed by atoms with Crippen molar-refractivity contribution in [2.24, 2.45) is 0 Å². The van der Waals surface area contributed by atoms with E-state index in [0.29, 0.717) is 18.8 Å². The maximum absolute atomic E-state index is 12.1. The lowest BCUT2D eigenvalue weighted by molar-refractivity contribution is 0.0517. The first-order chi connectivity index (χ1) is 10.3. The van der Waals surface area contributed by atoms with E-state index in [0.717, 1.165) is 31.2 Å². The zero-order valence-electron chi connectivity index (χ0n) is 12.3. The van der Waals surface area contributed by atoms with Gasteiger partial charge in [0.15, 0.2) is 5.69 Å². The molecule has 1 aromatic carbocycles. The average Bonchev–Trinajstić information content (AvgIpc) is 2.88. The van der Waals surface area contributed by atoms with E-state index in [1.54, 1.807) is 0 Å². The smallest absolute Gasteiger partial charge is 0.359 e. The van der Waals surface area contributed by atoms with E-state index >= 15 is 0 Å². The summed E-state index contributed by atoms with van der Waals surface area (Å²) in [6.45, 7) is 2.92. The van der Waals surface area contributed by atoms with Crippen LogP contribution < -0.4 is 0 Å². The Balaban J connectivity index is 1.95. The molecule has 0 unspecified atom stereocenters. The minimum absolute atomic E-state index is 0.289. The molecule has 1 heterocycles. The first kappa shape index (κ1) is 13.9. The fourth-order valence-corrected chi connectivity index (χ4v) is 2.92. The predicted octanol–water partition coefficient (Wildman–Crippen LogP) is 2.99. The van der Waals surface area contributed by atoms with E-state index in [1.165, 1.54) is 11.3 Å². The van der Waals surface area contributed by atoms with Gasteiger partial charge in [-0.3, -0.25) is 4.68 Å². The topological polar surface area (TPSA) is 44.1 Å². The lowest BCUT2D eigenvalue weighted by Crippen LogP contribution is -2.10. The van der Waals surface area contributed by atoms with Gasteiger partial charge < -0.3 is 4.74 Å². The highest BCUT2D eigenvalue weighted by atomic mass is 16.5. The summed E-state index contributed by atoms with van der Waals surface area (Å²) in [5.74, 6) is -0.289. The number of nitrogens with zero attached hydrogens (tertiary/aromatic N) is 2. The Bertz CT molecular complexity index is 632. The summed E-state index contributed by atoms with van der Waals surface area (Å²) in [7, 11) is 0. The second-order valence-electron chi connectivity index (χ2n) is 5.34. The molecule has 0 N–H and O–H groups in total. The van der Waals surface area contributed by atoms with Crippen LogP contribution in [0.25, 0.3) is 0 Å². The Labute approximate surface area is 124 Å². The van der Waals surface area contributed by atoms with Gasteiger partial charge in [-0.05, 0) is 38.2 Å².